The average molecular weight is 234 g/mol. The molecule has 3 rings (SSSR count). The van der Waals surface area contributed by atoms with E-state index in [2.05, 4.69) is 11.2 Å². The Hall–Kier alpha value is -1.48. The van der Waals surface area contributed by atoms with Crippen LogP contribution in [0.25, 0.3) is 5.69 Å². The maximum absolute atomic E-state index is 5.98. The second-order valence-electron chi connectivity index (χ2n) is 4.13. The monoisotopic (exact) mass is 233 g/mol. The first kappa shape index (κ1) is 9.73. The molecule has 0 amide bonds. The van der Waals surface area contributed by atoms with E-state index in [9.17, 15) is 0 Å². The molecule has 1 aliphatic carbocycles. The van der Waals surface area contributed by atoms with Crippen LogP contribution in [-0.4, -0.2) is 9.78 Å². The van der Waals surface area contributed by atoms with E-state index in [1.54, 1.807) is 10.7 Å². The Morgan fingerprint density at radius 1 is 1.31 bits per heavy atom. The number of nitrogens with two attached hydrogens (primary N) is 1. The minimum Gasteiger partial charge on any atom is -0.396 e. The third-order valence-electron chi connectivity index (χ3n) is 2.88. The summed E-state index contributed by atoms with van der Waals surface area (Å²) < 4.78 is 1.80. The van der Waals surface area contributed by atoms with Crippen molar-refractivity contribution in [1.82, 2.24) is 9.78 Å². The Balaban J connectivity index is 2.03. The van der Waals surface area contributed by atoms with Crippen molar-refractivity contribution in [2.24, 2.45) is 0 Å². The summed E-state index contributed by atoms with van der Waals surface area (Å²) in [5.74, 6) is 0.654. The van der Waals surface area contributed by atoms with Crippen molar-refractivity contribution in [3.63, 3.8) is 0 Å². The molecule has 16 heavy (non-hydrogen) atoms. The fraction of sp³-hybridized carbons (Fsp3) is 0.250. The summed E-state index contributed by atoms with van der Waals surface area (Å²) in [5.41, 5.74) is 8.50. The minimum atomic E-state index is 0.570. The molecule has 0 bridgehead atoms. The lowest BCUT2D eigenvalue weighted by Gasteiger charge is -2.06. The summed E-state index contributed by atoms with van der Waals surface area (Å²) in [6.45, 7) is 0. The van der Waals surface area contributed by atoms with Gasteiger partial charge in [0.2, 0.25) is 0 Å². The molecule has 0 radical (unpaired) electrons. The average Bonchev–Trinajstić information content (AvgIpc) is 3.02. The molecule has 1 fully saturated rings. The molecule has 0 atom stereocenters. The largest absolute Gasteiger partial charge is 0.396 e. The molecule has 82 valence electrons. The Bertz CT molecular complexity index is 529. The Morgan fingerprint density at radius 3 is 2.88 bits per heavy atom. The normalized spacial score (nSPS) is 15.3. The lowest BCUT2D eigenvalue weighted by atomic mass is 10.3. The van der Waals surface area contributed by atoms with E-state index < -0.39 is 0 Å². The molecule has 0 aliphatic heterocycles. The number of aromatic nitrogens is 2. The molecule has 0 saturated heterocycles. The summed E-state index contributed by atoms with van der Waals surface area (Å²) in [5, 5.41) is 5.09. The van der Waals surface area contributed by atoms with Crippen LogP contribution >= 0.6 is 11.6 Å². The SMILES string of the molecule is Nc1c(Cl)cccc1-n1ccc(C2CC2)n1. The molecule has 1 heterocycles. The van der Waals surface area contributed by atoms with E-state index >= 15 is 0 Å². The van der Waals surface area contributed by atoms with Gasteiger partial charge in [-0.1, -0.05) is 17.7 Å². The zero-order valence-corrected chi connectivity index (χ0v) is 9.48. The summed E-state index contributed by atoms with van der Waals surface area (Å²) in [6, 6.07) is 7.64. The van der Waals surface area contributed by atoms with Crippen molar-refractivity contribution in [2.75, 3.05) is 5.73 Å². The second kappa shape index (κ2) is 3.52. The van der Waals surface area contributed by atoms with Crippen molar-refractivity contribution in [2.45, 2.75) is 18.8 Å². The zero-order chi connectivity index (χ0) is 11.1. The molecule has 0 spiro atoms. The van der Waals surface area contributed by atoms with E-state index in [4.69, 9.17) is 17.3 Å². The molecular weight excluding hydrogens is 222 g/mol. The minimum absolute atomic E-state index is 0.570. The van der Waals surface area contributed by atoms with Crippen LogP contribution in [0.2, 0.25) is 5.02 Å². The molecule has 2 aromatic rings. The number of nitrogens with zero attached hydrogens (tertiary/aromatic N) is 2. The van der Waals surface area contributed by atoms with E-state index in [1.807, 2.05) is 18.3 Å². The van der Waals surface area contributed by atoms with Gasteiger partial charge in [-0.25, -0.2) is 4.68 Å². The van der Waals surface area contributed by atoms with E-state index in [0.717, 1.165) is 11.4 Å². The summed E-state index contributed by atoms with van der Waals surface area (Å²) >= 11 is 5.98. The highest BCUT2D eigenvalue weighted by Gasteiger charge is 2.26. The Morgan fingerprint density at radius 2 is 2.12 bits per heavy atom. The van der Waals surface area contributed by atoms with Crippen molar-refractivity contribution < 1.29 is 0 Å². The molecule has 1 saturated carbocycles. The summed E-state index contributed by atoms with van der Waals surface area (Å²) in [4.78, 5) is 0. The standard InChI is InChI=1S/C12H12ClN3/c13-9-2-1-3-11(12(9)14)16-7-6-10(15-16)8-4-5-8/h1-3,6-8H,4-5,14H2. The highest BCUT2D eigenvalue weighted by molar-refractivity contribution is 6.33. The number of halogens is 1. The second-order valence-corrected chi connectivity index (χ2v) is 4.54. The molecule has 1 aliphatic rings. The third kappa shape index (κ3) is 1.57. The lowest BCUT2D eigenvalue weighted by Crippen LogP contribution is -2.01. The maximum atomic E-state index is 5.98. The van der Waals surface area contributed by atoms with Gasteiger partial charge in [-0.05, 0) is 31.0 Å². The molecule has 2 N–H and O–H groups in total. The highest BCUT2D eigenvalue weighted by atomic mass is 35.5. The first-order chi connectivity index (χ1) is 7.75. The fourth-order valence-corrected chi connectivity index (χ4v) is 1.96. The van der Waals surface area contributed by atoms with Gasteiger partial charge in [0.25, 0.3) is 0 Å². The van der Waals surface area contributed by atoms with Gasteiger partial charge in [-0.15, -0.1) is 0 Å². The molecule has 0 unspecified atom stereocenters. The first-order valence-corrected chi connectivity index (χ1v) is 5.73. The smallest absolute Gasteiger partial charge is 0.0890 e. The van der Waals surface area contributed by atoms with Gasteiger partial charge < -0.3 is 5.73 Å². The topological polar surface area (TPSA) is 43.8 Å². The number of rotatable bonds is 2. The molecular formula is C12H12ClN3. The van der Waals surface area contributed by atoms with Crippen molar-refractivity contribution >= 4 is 17.3 Å². The van der Waals surface area contributed by atoms with E-state index in [0.29, 0.717) is 16.6 Å². The number of hydrogen-bond acceptors (Lipinski definition) is 2. The van der Waals surface area contributed by atoms with E-state index in [1.165, 1.54) is 12.8 Å². The van der Waals surface area contributed by atoms with Gasteiger partial charge in [0.05, 0.1) is 22.1 Å². The predicted molar refractivity (Wildman–Crippen MR) is 65.0 cm³/mol. The van der Waals surface area contributed by atoms with Gasteiger partial charge in [0.1, 0.15) is 0 Å². The fourth-order valence-electron chi connectivity index (χ4n) is 1.79. The van der Waals surface area contributed by atoms with Gasteiger partial charge >= 0.3 is 0 Å². The third-order valence-corrected chi connectivity index (χ3v) is 3.21. The quantitative estimate of drug-likeness (QED) is 0.811. The van der Waals surface area contributed by atoms with Crippen LogP contribution in [0.15, 0.2) is 30.5 Å². The van der Waals surface area contributed by atoms with Gasteiger partial charge in [-0.3, -0.25) is 0 Å². The molecule has 1 aromatic carbocycles. The molecule has 4 heteroatoms. The van der Waals surface area contributed by atoms with Gasteiger partial charge in [0, 0.05) is 12.1 Å². The van der Waals surface area contributed by atoms with Gasteiger partial charge in [0.15, 0.2) is 0 Å². The van der Waals surface area contributed by atoms with Crippen molar-refractivity contribution in [1.29, 1.82) is 0 Å². The highest BCUT2D eigenvalue weighted by Crippen LogP contribution is 2.39. The van der Waals surface area contributed by atoms with Crippen LogP contribution in [-0.2, 0) is 0 Å². The maximum Gasteiger partial charge on any atom is 0.0890 e. The number of benzene rings is 1. The van der Waals surface area contributed by atoms with Crippen LogP contribution in [0.1, 0.15) is 24.5 Å². The van der Waals surface area contributed by atoms with Crippen LogP contribution < -0.4 is 5.73 Å². The van der Waals surface area contributed by atoms with E-state index in [-0.39, 0.29) is 0 Å². The van der Waals surface area contributed by atoms with Crippen molar-refractivity contribution in [3.8, 4) is 5.69 Å². The Labute approximate surface area is 98.8 Å². The van der Waals surface area contributed by atoms with Gasteiger partial charge in [-0.2, -0.15) is 5.10 Å². The lowest BCUT2D eigenvalue weighted by molar-refractivity contribution is 0.839. The number of hydrogen-bond donors (Lipinski definition) is 1. The molecule has 3 nitrogen and oxygen atoms in total. The number of anilines is 1. The summed E-state index contributed by atoms with van der Waals surface area (Å²) in [6.07, 6.45) is 4.44. The predicted octanol–water partition coefficient (Wildman–Crippen LogP) is 2.99. The van der Waals surface area contributed by atoms with Crippen LogP contribution in [0.4, 0.5) is 5.69 Å². The molecule has 1 aromatic heterocycles. The zero-order valence-electron chi connectivity index (χ0n) is 8.73. The van der Waals surface area contributed by atoms with Crippen LogP contribution in [0.5, 0.6) is 0 Å². The van der Waals surface area contributed by atoms with Crippen LogP contribution in [0.3, 0.4) is 0 Å². The number of nitrogen functional groups attached to an aromatic ring is 1. The summed E-state index contributed by atoms with van der Waals surface area (Å²) in [7, 11) is 0. The Kier molecular flexibility index (Phi) is 2.14. The first-order valence-electron chi connectivity index (χ1n) is 5.35. The van der Waals surface area contributed by atoms with Crippen molar-refractivity contribution in [3.05, 3.63) is 41.2 Å². The number of para-hydroxylation sites is 1. The van der Waals surface area contributed by atoms with Crippen LogP contribution in [0, 0.1) is 0 Å².